The Morgan fingerprint density at radius 3 is 2.60 bits per heavy atom. The van der Waals surface area contributed by atoms with Gasteiger partial charge in [-0.05, 0) is 48.2 Å². The second-order valence-electron chi connectivity index (χ2n) is 4.90. The molecule has 0 spiro atoms. The minimum Gasteiger partial charge on any atom is -0.486 e. The number of hydrogen-bond donors (Lipinski definition) is 1. The number of benzene rings is 1. The lowest BCUT2D eigenvalue weighted by Gasteiger charge is -2.20. The molecule has 1 aromatic heterocycles. The number of nitrogens with two attached hydrogens (primary N) is 1. The van der Waals surface area contributed by atoms with Crippen LogP contribution in [0.15, 0.2) is 42.7 Å². The van der Waals surface area contributed by atoms with Gasteiger partial charge in [-0.2, -0.15) is 0 Å². The highest BCUT2D eigenvalue weighted by Crippen LogP contribution is 2.32. The van der Waals surface area contributed by atoms with E-state index in [1.54, 1.807) is 0 Å². The molecule has 0 radical (unpaired) electrons. The summed E-state index contributed by atoms with van der Waals surface area (Å²) in [4.78, 5) is 4.02. The monoisotopic (exact) mass is 270 g/mol. The van der Waals surface area contributed by atoms with Crippen molar-refractivity contribution in [2.75, 3.05) is 13.2 Å². The molecule has 0 fully saturated rings. The molecule has 1 unspecified atom stereocenters. The van der Waals surface area contributed by atoms with Crippen LogP contribution in [0, 0.1) is 0 Å². The third-order valence-electron chi connectivity index (χ3n) is 3.49. The van der Waals surface area contributed by atoms with Crippen molar-refractivity contribution in [3.8, 4) is 11.5 Å². The molecule has 0 aliphatic carbocycles. The summed E-state index contributed by atoms with van der Waals surface area (Å²) < 4.78 is 11.1. The molecule has 0 amide bonds. The van der Waals surface area contributed by atoms with Gasteiger partial charge in [-0.15, -0.1) is 0 Å². The number of hydrogen-bond acceptors (Lipinski definition) is 4. The van der Waals surface area contributed by atoms with Gasteiger partial charge in [0.05, 0.1) is 0 Å². The highest BCUT2D eigenvalue weighted by Gasteiger charge is 2.14. The molecule has 1 aromatic carbocycles. The Morgan fingerprint density at radius 1 is 1.05 bits per heavy atom. The minimum atomic E-state index is -0.000933. The lowest BCUT2D eigenvalue weighted by atomic mass is 10.00. The second kappa shape index (κ2) is 5.92. The molecule has 2 heterocycles. The molecule has 1 aliphatic rings. The highest BCUT2D eigenvalue weighted by molar-refractivity contribution is 5.44. The Morgan fingerprint density at radius 2 is 1.80 bits per heavy atom. The Balaban J connectivity index is 1.66. The van der Waals surface area contributed by atoms with Crippen LogP contribution in [0.1, 0.15) is 23.6 Å². The molecule has 1 atom stereocenters. The van der Waals surface area contributed by atoms with Crippen LogP contribution in [0.25, 0.3) is 0 Å². The fraction of sp³-hybridized carbons (Fsp3) is 0.312. The van der Waals surface area contributed by atoms with Gasteiger partial charge in [0, 0.05) is 18.4 Å². The van der Waals surface area contributed by atoms with Crippen LogP contribution in [0.3, 0.4) is 0 Å². The number of aromatic nitrogens is 1. The molecule has 2 aromatic rings. The summed E-state index contributed by atoms with van der Waals surface area (Å²) in [6.07, 6.45) is 5.46. The molecule has 4 heteroatoms. The largest absolute Gasteiger partial charge is 0.486 e. The van der Waals surface area contributed by atoms with E-state index < -0.39 is 0 Å². The lowest BCUT2D eigenvalue weighted by molar-refractivity contribution is 0.171. The van der Waals surface area contributed by atoms with Crippen molar-refractivity contribution in [3.05, 3.63) is 53.9 Å². The van der Waals surface area contributed by atoms with Gasteiger partial charge in [0.15, 0.2) is 11.5 Å². The van der Waals surface area contributed by atoms with Crippen molar-refractivity contribution in [2.45, 2.75) is 18.9 Å². The number of nitrogens with zero attached hydrogens (tertiary/aromatic N) is 1. The van der Waals surface area contributed by atoms with E-state index in [1.165, 1.54) is 5.56 Å². The summed E-state index contributed by atoms with van der Waals surface area (Å²) in [5, 5.41) is 0. The van der Waals surface area contributed by atoms with Gasteiger partial charge in [-0.3, -0.25) is 4.98 Å². The van der Waals surface area contributed by atoms with Crippen molar-refractivity contribution in [3.63, 3.8) is 0 Å². The predicted molar refractivity (Wildman–Crippen MR) is 76.9 cm³/mol. The molecular formula is C16H18N2O2. The molecule has 2 N–H and O–H groups in total. The van der Waals surface area contributed by atoms with Gasteiger partial charge in [-0.25, -0.2) is 0 Å². The molecule has 0 saturated heterocycles. The van der Waals surface area contributed by atoms with Crippen LogP contribution in [-0.2, 0) is 6.42 Å². The Labute approximate surface area is 118 Å². The summed E-state index contributed by atoms with van der Waals surface area (Å²) >= 11 is 0. The summed E-state index contributed by atoms with van der Waals surface area (Å²) in [7, 11) is 0. The van der Waals surface area contributed by atoms with Gasteiger partial charge < -0.3 is 15.2 Å². The van der Waals surface area contributed by atoms with Crippen LogP contribution in [-0.4, -0.2) is 18.2 Å². The van der Waals surface area contributed by atoms with Crippen LogP contribution < -0.4 is 15.2 Å². The quantitative estimate of drug-likeness (QED) is 0.927. The average Bonchev–Trinajstić information content (AvgIpc) is 2.53. The van der Waals surface area contributed by atoms with Crippen LogP contribution in [0.5, 0.6) is 11.5 Å². The fourth-order valence-corrected chi connectivity index (χ4v) is 2.33. The van der Waals surface area contributed by atoms with E-state index in [-0.39, 0.29) is 6.04 Å². The van der Waals surface area contributed by atoms with Crippen LogP contribution in [0.2, 0.25) is 0 Å². The maximum Gasteiger partial charge on any atom is 0.161 e. The van der Waals surface area contributed by atoms with Gasteiger partial charge in [0.25, 0.3) is 0 Å². The predicted octanol–water partition coefficient (Wildman–Crippen LogP) is 2.49. The summed E-state index contributed by atoms with van der Waals surface area (Å²) in [5.41, 5.74) is 8.61. The standard InChI is InChI=1S/C16H18N2O2/c17-14(3-1-12-5-7-18-8-6-12)13-2-4-15-16(11-13)20-10-9-19-15/h2,4-8,11,14H,1,3,9-10,17H2. The highest BCUT2D eigenvalue weighted by atomic mass is 16.6. The van der Waals surface area contributed by atoms with E-state index in [2.05, 4.69) is 4.98 Å². The van der Waals surface area contributed by atoms with Gasteiger partial charge >= 0.3 is 0 Å². The normalized spacial score (nSPS) is 14.8. The minimum absolute atomic E-state index is 0.000933. The number of rotatable bonds is 4. The first-order valence-electron chi connectivity index (χ1n) is 6.87. The average molecular weight is 270 g/mol. The first-order chi connectivity index (χ1) is 9.83. The van der Waals surface area contributed by atoms with E-state index in [9.17, 15) is 0 Å². The van der Waals surface area contributed by atoms with E-state index in [0.29, 0.717) is 13.2 Å². The third kappa shape index (κ3) is 2.91. The second-order valence-corrected chi connectivity index (χ2v) is 4.90. The molecule has 20 heavy (non-hydrogen) atoms. The van der Waals surface area contributed by atoms with Crippen LogP contribution >= 0.6 is 0 Å². The number of aryl methyl sites for hydroxylation is 1. The number of pyridine rings is 1. The zero-order valence-electron chi connectivity index (χ0n) is 11.3. The smallest absolute Gasteiger partial charge is 0.161 e. The van der Waals surface area contributed by atoms with E-state index in [4.69, 9.17) is 15.2 Å². The molecule has 104 valence electrons. The third-order valence-corrected chi connectivity index (χ3v) is 3.49. The van der Waals surface area contributed by atoms with Crippen molar-refractivity contribution in [1.29, 1.82) is 0 Å². The van der Waals surface area contributed by atoms with E-state index in [1.807, 2.05) is 42.7 Å². The van der Waals surface area contributed by atoms with Gasteiger partial charge in [0.1, 0.15) is 13.2 Å². The van der Waals surface area contributed by atoms with Crippen molar-refractivity contribution in [2.24, 2.45) is 5.73 Å². The Hall–Kier alpha value is -2.07. The summed E-state index contributed by atoms with van der Waals surface area (Å²) in [6, 6.07) is 10.00. The maximum absolute atomic E-state index is 6.26. The maximum atomic E-state index is 6.26. The lowest BCUT2D eigenvalue weighted by Crippen LogP contribution is -2.17. The van der Waals surface area contributed by atoms with Crippen molar-refractivity contribution >= 4 is 0 Å². The molecule has 4 nitrogen and oxygen atoms in total. The zero-order chi connectivity index (χ0) is 13.8. The topological polar surface area (TPSA) is 57.4 Å². The van der Waals surface area contributed by atoms with E-state index in [0.717, 1.165) is 29.9 Å². The zero-order valence-corrected chi connectivity index (χ0v) is 11.3. The van der Waals surface area contributed by atoms with E-state index >= 15 is 0 Å². The Kier molecular flexibility index (Phi) is 3.83. The first kappa shape index (κ1) is 12.9. The summed E-state index contributed by atoms with van der Waals surface area (Å²) in [5.74, 6) is 1.61. The summed E-state index contributed by atoms with van der Waals surface area (Å²) in [6.45, 7) is 1.21. The molecule has 0 bridgehead atoms. The molecule has 0 saturated carbocycles. The fourth-order valence-electron chi connectivity index (χ4n) is 2.33. The molecule has 1 aliphatic heterocycles. The van der Waals surface area contributed by atoms with Crippen LogP contribution in [0.4, 0.5) is 0 Å². The Bertz CT molecular complexity index is 572. The van der Waals surface area contributed by atoms with Gasteiger partial charge in [0.2, 0.25) is 0 Å². The number of fused-ring (bicyclic) bond motifs is 1. The van der Waals surface area contributed by atoms with Gasteiger partial charge in [-0.1, -0.05) is 6.07 Å². The van der Waals surface area contributed by atoms with Crippen molar-refractivity contribution in [1.82, 2.24) is 4.98 Å². The SMILES string of the molecule is NC(CCc1ccncc1)c1ccc2c(c1)OCCO2. The number of ether oxygens (including phenoxy) is 2. The van der Waals surface area contributed by atoms with Crippen molar-refractivity contribution < 1.29 is 9.47 Å². The molecule has 3 rings (SSSR count). The first-order valence-corrected chi connectivity index (χ1v) is 6.87. The molecular weight excluding hydrogens is 252 g/mol.